The Morgan fingerprint density at radius 3 is 2.42 bits per heavy atom. The Balaban J connectivity index is 0.000000165. The zero-order chi connectivity index (χ0) is 54.8. The molecule has 2 atom stereocenters. The number of likely N-dealkylation sites (tertiary alicyclic amines) is 1. The van der Waals surface area contributed by atoms with E-state index in [9.17, 15) is 18.8 Å². The van der Waals surface area contributed by atoms with Crippen LogP contribution in [0.3, 0.4) is 0 Å². The third-order valence-electron chi connectivity index (χ3n) is 17.4. The number of nitrogens with one attached hydrogen (secondary N) is 1. The van der Waals surface area contributed by atoms with Crippen LogP contribution in [0.2, 0.25) is 0 Å². The van der Waals surface area contributed by atoms with Crippen LogP contribution in [0.15, 0.2) is 48.5 Å². The zero-order valence-electron chi connectivity index (χ0n) is 45.7. The zero-order valence-corrected chi connectivity index (χ0v) is 45.7. The number of methoxy groups -OCH3 is 1. The third kappa shape index (κ3) is 10.8. The second kappa shape index (κ2) is 23.5. The van der Waals surface area contributed by atoms with Crippen molar-refractivity contribution in [3.05, 3.63) is 77.1 Å². The van der Waals surface area contributed by atoms with E-state index in [4.69, 9.17) is 30.8 Å². The van der Waals surface area contributed by atoms with E-state index < -0.39 is 11.6 Å². The van der Waals surface area contributed by atoms with Crippen LogP contribution in [0.25, 0.3) is 43.8 Å². The highest BCUT2D eigenvalue weighted by molar-refractivity contribution is 6.04. The lowest BCUT2D eigenvalue weighted by Gasteiger charge is -2.39. The molecule has 13 rings (SSSR count). The number of hydrogen-bond donors (Lipinski definition) is 1. The molecule has 3 amide bonds. The number of ether oxygens (including phenoxy) is 3. The highest BCUT2D eigenvalue weighted by atomic mass is 19.1. The lowest BCUT2D eigenvalue weighted by molar-refractivity contribution is -0.134. The molecule has 0 bridgehead atoms. The minimum atomic E-state index is -0.585. The fraction of sp³-hybridized carbons (Fsp3) is 0.517. The molecule has 6 aromatic rings. The molecule has 3 aromatic heterocycles. The topological polar surface area (TPSA) is 164 Å². The van der Waals surface area contributed by atoms with E-state index in [0.717, 1.165) is 140 Å². The normalized spacial score (nSPS) is 21.5. The summed E-state index contributed by atoms with van der Waals surface area (Å²) in [7, 11) is 5.16. The fourth-order valence-electron chi connectivity index (χ4n) is 13.3. The van der Waals surface area contributed by atoms with Gasteiger partial charge in [0.25, 0.3) is 0 Å². The summed E-state index contributed by atoms with van der Waals surface area (Å²) in [6, 6.07) is 15.0. The van der Waals surface area contributed by atoms with E-state index in [2.05, 4.69) is 58.9 Å². The molecule has 0 radical (unpaired) electrons. The van der Waals surface area contributed by atoms with Crippen LogP contribution >= 0.6 is 0 Å². The molecule has 6 fully saturated rings. The molecule has 416 valence electrons. The Bertz CT molecular complexity index is 3280. The number of carbonyl (C=O) groups is 3. The SMILES string of the molecule is C#Cc1c(F)ccc2cccc(-c3nc4c5c(nc(OCC67CCCN6CCC7)nc5c3F)N3CCCOCC3CC4)c12.COC.Cn1nc(C2CCC(=O)NC2=O)c2ccc(N3CCN(CC4CCN(C=O)CC4)CC3)cc21. The number of aryl methyl sites for hydroxylation is 2. The van der Waals surface area contributed by atoms with Gasteiger partial charge in [-0.05, 0) is 113 Å². The fourth-order valence-corrected chi connectivity index (χ4v) is 13.3. The minimum Gasteiger partial charge on any atom is -0.461 e. The van der Waals surface area contributed by atoms with E-state index >= 15 is 4.39 Å². The van der Waals surface area contributed by atoms with Crippen LogP contribution in [0.1, 0.15) is 87.1 Å². The lowest BCUT2D eigenvalue weighted by Crippen LogP contribution is -2.48. The Morgan fingerprint density at radius 1 is 0.886 bits per heavy atom. The number of carbonyl (C=O) groups excluding carboxylic acids is 3. The van der Waals surface area contributed by atoms with Gasteiger partial charge in [-0.25, -0.2) is 13.8 Å². The van der Waals surface area contributed by atoms with Crippen molar-refractivity contribution in [1.82, 2.24) is 44.7 Å². The largest absolute Gasteiger partial charge is 0.461 e. The summed E-state index contributed by atoms with van der Waals surface area (Å²) in [5.41, 5.74) is 4.48. The Morgan fingerprint density at radius 2 is 1.67 bits per heavy atom. The number of pyridine rings is 1. The second-order valence-electron chi connectivity index (χ2n) is 22.3. The first kappa shape index (κ1) is 54.1. The van der Waals surface area contributed by atoms with E-state index in [1.807, 2.05) is 28.8 Å². The van der Waals surface area contributed by atoms with E-state index in [1.165, 1.54) is 11.8 Å². The molecule has 7 aliphatic heterocycles. The number of amides is 3. The second-order valence-corrected chi connectivity index (χ2v) is 22.3. The highest BCUT2D eigenvalue weighted by Gasteiger charge is 2.45. The van der Waals surface area contributed by atoms with Gasteiger partial charge in [0.05, 0.1) is 52.0 Å². The number of fused-ring (bicyclic) bond motifs is 5. The van der Waals surface area contributed by atoms with Crippen LogP contribution in [-0.4, -0.2) is 169 Å². The first-order valence-corrected chi connectivity index (χ1v) is 28.2. The summed E-state index contributed by atoms with van der Waals surface area (Å²) < 4.78 is 50.2. The standard InChI is InChI=1S/C34H33F2N5O2.C24H32N6O3.C2H6O/c1-2-23-25(35)11-9-21-7-3-8-24(27(21)23)30-29(36)31-28-26(37-30)12-10-22-19-42-18-6-17-41(22)32(28)39-33(38-31)43-20-34-13-4-15-40(34)16-5-14-34;1-27-21-14-18(2-3-19(21)23(26-27)20-4-5-22(32)25-24(20)33)30-12-10-28(11-13-30)15-17-6-8-29(16-31)9-7-17;1-3-2/h1,3,7-9,11,22H,4-6,10,12-20H2;2-3,14,16-17,20H,4-13,15H2,1H3,(H,25,32,33);1-2H3. The van der Waals surface area contributed by atoms with Gasteiger partial charge in [0.2, 0.25) is 18.2 Å². The van der Waals surface area contributed by atoms with Crippen molar-refractivity contribution in [2.75, 3.05) is 109 Å². The van der Waals surface area contributed by atoms with Gasteiger partial charge in [-0.1, -0.05) is 30.2 Å². The van der Waals surface area contributed by atoms with Crippen molar-refractivity contribution >= 4 is 62.3 Å². The quantitative estimate of drug-likeness (QED) is 0.0895. The highest BCUT2D eigenvalue weighted by Crippen LogP contribution is 2.43. The Kier molecular flexibility index (Phi) is 16.1. The molecule has 0 spiro atoms. The Labute approximate surface area is 459 Å². The molecule has 6 saturated heterocycles. The maximum absolute atomic E-state index is 16.9. The molecule has 19 heteroatoms. The molecule has 2 unspecified atom stereocenters. The van der Waals surface area contributed by atoms with Gasteiger partial charge in [-0.3, -0.25) is 34.2 Å². The average Bonchev–Trinajstić information content (AvgIpc) is 4.21. The van der Waals surface area contributed by atoms with Gasteiger partial charge in [0.1, 0.15) is 29.5 Å². The molecular formula is C60H71F2N11O6. The number of hydrogen-bond acceptors (Lipinski definition) is 14. The summed E-state index contributed by atoms with van der Waals surface area (Å²) in [5, 5.41) is 9.88. The van der Waals surface area contributed by atoms with Crippen LogP contribution in [0.5, 0.6) is 6.01 Å². The average molecular weight is 1080 g/mol. The molecule has 0 saturated carbocycles. The van der Waals surface area contributed by atoms with Crippen molar-refractivity contribution in [2.24, 2.45) is 13.0 Å². The van der Waals surface area contributed by atoms with Gasteiger partial charge in [-0.2, -0.15) is 15.1 Å². The number of aromatic nitrogens is 5. The van der Waals surface area contributed by atoms with Crippen molar-refractivity contribution in [3.8, 4) is 29.6 Å². The molecular weight excluding hydrogens is 1010 g/mol. The first-order chi connectivity index (χ1) is 38.5. The molecule has 10 heterocycles. The van der Waals surface area contributed by atoms with Crippen LogP contribution in [0, 0.1) is 29.9 Å². The number of rotatable bonds is 9. The van der Waals surface area contributed by atoms with Gasteiger partial charge in [0.15, 0.2) is 5.82 Å². The van der Waals surface area contributed by atoms with Crippen LogP contribution in [0.4, 0.5) is 20.3 Å². The summed E-state index contributed by atoms with van der Waals surface area (Å²) >= 11 is 0. The molecule has 17 nitrogen and oxygen atoms in total. The number of benzene rings is 3. The first-order valence-electron chi connectivity index (χ1n) is 28.2. The summed E-state index contributed by atoms with van der Waals surface area (Å²) in [4.78, 5) is 61.0. The van der Waals surface area contributed by atoms with Crippen molar-refractivity contribution < 1.29 is 37.4 Å². The summed E-state index contributed by atoms with van der Waals surface area (Å²) in [6.07, 6.45) is 16.5. The van der Waals surface area contributed by atoms with E-state index in [0.29, 0.717) is 78.2 Å². The smallest absolute Gasteiger partial charge is 0.319 e. The van der Waals surface area contributed by atoms with Gasteiger partial charge in [-0.15, -0.1) is 6.42 Å². The van der Waals surface area contributed by atoms with Crippen molar-refractivity contribution in [3.63, 3.8) is 0 Å². The number of anilines is 2. The van der Waals surface area contributed by atoms with Crippen LogP contribution in [-0.2, 0) is 37.3 Å². The number of nitrogens with zero attached hydrogens (tertiary/aromatic N) is 10. The van der Waals surface area contributed by atoms with Crippen molar-refractivity contribution in [1.29, 1.82) is 0 Å². The predicted molar refractivity (Wildman–Crippen MR) is 299 cm³/mol. The Hall–Kier alpha value is -6.85. The van der Waals surface area contributed by atoms with Gasteiger partial charge >= 0.3 is 6.01 Å². The number of halogens is 2. The maximum atomic E-state index is 16.9. The molecule has 0 aliphatic carbocycles. The number of piperidine rings is 2. The molecule has 3 aromatic carbocycles. The molecule has 7 aliphatic rings. The third-order valence-corrected chi connectivity index (χ3v) is 17.4. The van der Waals surface area contributed by atoms with Gasteiger partial charge in [0, 0.05) is 109 Å². The molecule has 79 heavy (non-hydrogen) atoms. The number of imide groups is 1. The summed E-state index contributed by atoms with van der Waals surface area (Å²) in [6.45, 7) is 11.6. The maximum Gasteiger partial charge on any atom is 0.319 e. The minimum absolute atomic E-state index is 0.00280. The lowest BCUT2D eigenvalue weighted by atomic mass is 9.93. The number of piperazine rings is 1. The van der Waals surface area contributed by atoms with Crippen LogP contribution < -0.4 is 19.9 Å². The van der Waals surface area contributed by atoms with Gasteiger partial charge < -0.3 is 28.9 Å². The predicted octanol–water partition coefficient (Wildman–Crippen LogP) is 7.00. The van der Waals surface area contributed by atoms with E-state index in [-0.39, 0.29) is 52.1 Å². The number of terminal acetylenes is 1. The summed E-state index contributed by atoms with van der Waals surface area (Å²) in [5.74, 6) is 1.88. The molecule has 1 N–H and O–H groups in total. The monoisotopic (exact) mass is 1080 g/mol. The van der Waals surface area contributed by atoms with Crippen molar-refractivity contribution in [2.45, 2.75) is 88.1 Å². The van der Waals surface area contributed by atoms with E-state index in [1.54, 1.807) is 26.4 Å².